The van der Waals surface area contributed by atoms with E-state index in [1.165, 1.54) is 0 Å². The molecular formula is C12H17NO5. The molecule has 1 rings (SSSR count). The number of phenols is 3. The van der Waals surface area contributed by atoms with Gasteiger partial charge in [0.05, 0.1) is 12.2 Å². The predicted octanol–water partition coefficient (Wildman–Crippen LogP) is 0.912. The summed E-state index contributed by atoms with van der Waals surface area (Å²) in [5.74, 6) is -2.43. The van der Waals surface area contributed by atoms with E-state index in [0.717, 1.165) is 18.7 Å². The Morgan fingerprint density at radius 2 is 1.78 bits per heavy atom. The van der Waals surface area contributed by atoms with Crippen molar-refractivity contribution in [2.75, 3.05) is 27.2 Å². The fourth-order valence-corrected chi connectivity index (χ4v) is 1.35. The van der Waals surface area contributed by atoms with Gasteiger partial charge in [-0.1, -0.05) is 0 Å². The molecule has 0 aliphatic rings. The van der Waals surface area contributed by atoms with Crippen molar-refractivity contribution in [3.63, 3.8) is 0 Å². The molecule has 18 heavy (non-hydrogen) atoms. The summed E-state index contributed by atoms with van der Waals surface area (Å²) in [6.45, 7) is 1.04. The van der Waals surface area contributed by atoms with Gasteiger partial charge in [-0.2, -0.15) is 0 Å². The van der Waals surface area contributed by atoms with Crippen molar-refractivity contribution < 1.29 is 24.9 Å². The van der Waals surface area contributed by atoms with Gasteiger partial charge in [-0.15, -0.1) is 0 Å². The molecule has 0 heterocycles. The number of aromatic hydroxyl groups is 3. The van der Waals surface area contributed by atoms with Crippen LogP contribution in [0.25, 0.3) is 0 Å². The predicted molar refractivity (Wildman–Crippen MR) is 64.9 cm³/mol. The van der Waals surface area contributed by atoms with Crippen molar-refractivity contribution >= 4 is 5.97 Å². The second-order valence-electron chi connectivity index (χ2n) is 4.16. The van der Waals surface area contributed by atoms with Gasteiger partial charge in [0.25, 0.3) is 0 Å². The standard InChI is InChI=1S/C12H17NO5/c1-13(2)4-3-5-18-12(17)8-6-9(14)11(16)10(15)7-8/h6-7,14-16H,3-5H2,1-2H3. The molecule has 0 saturated carbocycles. The minimum Gasteiger partial charge on any atom is -0.504 e. The molecule has 0 radical (unpaired) electrons. The SMILES string of the molecule is CN(C)CCCOC(=O)c1cc(O)c(O)c(O)c1. The third-order valence-corrected chi connectivity index (χ3v) is 2.29. The van der Waals surface area contributed by atoms with Gasteiger partial charge in [-0.05, 0) is 32.6 Å². The van der Waals surface area contributed by atoms with Gasteiger partial charge < -0.3 is 25.0 Å². The van der Waals surface area contributed by atoms with E-state index in [-0.39, 0.29) is 12.2 Å². The summed E-state index contributed by atoms with van der Waals surface area (Å²) < 4.78 is 4.96. The third kappa shape index (κ3) is 3.81. The Hall–Kier alpha value is -1.95. The molecule has 0 fully saturated rings. The van der Waals surface area contributed by atoms with Crippen LogP contribution in [0.2, 0.25) is 0 Å². The van der Waals surface area contributed by atoms with E-state index in [0.29, 0.717) is 6.42 Å². The fourth-order valence-electron chi connectivity index (χ4n) is 1.35. The molecular weight excluding hydrogens is 238 g/mol. The van der Waals surface area contributed by atoms with Crippen LogP contribution in [0, 0.1) is 0 Å². The number of nitrogens with zero attached hydrogens (tertiary/aromatic N) is 1. The first-order valence-corrected chi connectivity index (χ1v) is 5.48. The number of phenolic OH excluding ortho intramolecular Hbond substituents is 3. The minimum absolute atomic E-state index is 0.00680. The van der Waals surface area contributed by atoms with Crippen molar-refractivity contribution in [3.05, 3.63) is 17.7 Å². The zero-order valence-electron chi connectivity index (χ0n) is 10.4. The summed E-state index contributed by atoms with van der Waals surface area (Å²) in [6.07, 6.45) is 0.689. The van der Waals surface area contributed by atoms with Crippen LogP contribution in [-0.4, -0.2) is 53.4 Å². The van der Waals surface area contributed by atoms with E-state index in [2.05, 4.69) is 0 Å². The van der Waals surface area contributed by atoms with Gasteiger partial charge in [-0.3, -0.25) is 0 Å². The lowest BCUT2D eigenvalue weighted by molar-refractivity contribution is 0.0492. The number of hydrogen-bond donors (Lipinski definition) is 3. The molecule has 0 aromatic heterocycles. The van der Waals surface area contributed by atoms with Crippen molar-refractivity contribution in [3.8, 4) is 17.2 Å². The van der Waals surface area contributed by atoms with Crippen LogP contribution >= 0.6 is 0 Å². The maximum atomic E-state index is 11.6. The number of ether oxygens (including phenoxy) is 1. The monoisotopic (exact) mass is 255 g/mol. The fraction of sp³-hybridized carbons (Fsp3) is 0.417. The number of carbonyl (C=O) groups is 1. The van der Waals surface area contributed by atoms with E-state index in [9.17, 15) is 15.0 Å². The van der Waals surface area contributed by atoms with Crippen LogP contribution in [-0.2, 0) is 4.74 Å². The Morgan fingerprint density at radius 1 is 1.22 bits per heavy atom. The Morgan fingerprint density at radius 3 is 2.28 bits per heavy atom. The third-order valence-electron chi connectivity index (χ3n) is 2.29. The van der Waals surface area contributed by atoms with Gasteiger partial charge in [0.1, 0.15) is 0 Å². The van der Waals surface area contributed by atoms with Crippen molar-refractivity contribution in [1.29, 1.82) is 0 Å². The molecule has 100 valence electrons. The van der Waals surface area contributed by atoms with Gasteiger partial charge in [0.2, 0.25) is 0 Å². The van der Waals surface area contributed by atoms with E-state index in [1.54, 1.807) is 0 Å². The first-order valence-electron chi connectivity index (χ1n) is 5.48. The van der Waals surface area contributed by atoms with E-state index in [1.807, 2.05) is 19.0 Å². The van der Waals surface area contributed by atoms with Crippen LogP contribution in [0.15, 0.2) is 12.1 Å². The molecule has 0 aliphatic heterocycles. The van der Waals surface area contributed by atoms with E-state index in [4.69, 9.17) is 9.84 Å². The molecule has 1 aromatic rings. The maximum absolute atomic E-state index is 11.6. The summed E-state index contributed by atoms with van der Waals surface area (Å²) in [5.41, 5.74) is -0.00680. The highest BCUT2D eigenvalue weighted by molar-refractivity contribution is 5.91. The van der Waals surface area contributed by atoms with Crippen molar-refractivity contribution in [2.24, 2.45) is 0 Å². The zero-order chi connectivity index (χ0) is 13.7. The van der Waals surface area contributed by atoms with Gasteiger partial charge in [-0.25, -0.2) is 4.79 Å². The highest BCUT2D eigenvalue weighted by atomic mass is 16.5. The van der Waals surface area contributed by atoms with Gasteiger partial charge >= 0.3 is 5.97 Å². The Labute approximate surface area is 105 Å². The first-order chi connectivity index (χ1) is 8.41. The zero-order valence-corrected chi connectivity index (χ0v) is 10.4. The molecule has 1 aromatic carbocycles. The first kappa shape index (κ1) is 14.1. The van der Waals surface area contributed by atoms with E-state index < -0.39 is 23.2 Å². The molecule has 0 bridgehead atoms. The lowest BCUT2D eigenvalue weighted by atomic mass is 10.2. The molecule has 0 aliphatic carbocycles. The second kappa shape index (κ2) is 6.11. The summed E-state index contributed by atoms with van der Waals surface area (Å²) in [7, 11) is 3.83. The van der Waals surface area contributed by atoms with Gasteiger partial charge in [0, 0.05) is 6.54 Å². The molecule has 0 spiro atoms. The summed E-state index contributed by atoms with van der Waals surface area (Å²) in [4.78, 5) is 13.5. The number of rotatable bonds is 5. The lowest BCUT2D eigenvalue weighted by Crippen LogP contribution is -2.16. The number of carbonyl (C=O) groups excluding carboxylic acids is 1. The highest BCUT2D eigenvalue weighted by Crippen LogP contribution is 2.35. The van der Waals surface area contributed by atoms with Crippen LogP contribution < -0.4 is 0 Å². The van der Waals surface area contributed by atoms with Crippen molar-refractivity contribution in [2.45, 2.75) is 6.42 Å². The topological polar surface area (TPSA) is 90.2 Å². The molecule has 0 saturated heterocycles. The molecule has 3 N–H and O–H groups in total. The van der Waals surface area contributed by atoms with E-state index >= 15 is 0 Å². The molecule has 0 amide bonds. The maximum Gasteiger partial charge on any atom is 0.338 e. The summed E-state index contributed by atoms with van der Waals surface area (Å²) in [6, 6.07) is 2.09. The minimum atomic E-state index is -0.654. The number of hydrogen-bond acceptors (Lipinski definition) is 6. The van der Waals surface area contributed by atoms with Crippen LogP contribution in [0.5, 0.6) is 17.2 Å². The molecule has 6 nitrogen and oxygen atoms in total. The van der Waals surface area contributed by atoms with Crippen molar-refractivity contribution in [1.82, 2.24) is 4.90 Å². The largest absolute Gasteiger partial charge is 0.504 e. The van der Waals surface area contributed by atoms with Crippen LogP contribution in [0.3, 0.4) is 0 Å². The average molecular weight is 255 g/mol. The summed E-state index contributed by atoms with van der Waals surface area (Å²) >= 11 is 0. The lowest BCUT2D eigenvalue weighted by Gasteiger charge is -2.10. The number of benzene rings is 1. The van der Waals surface area contributed by atoms with Crippen LogP contribution in [0.4, 0.5) is 0 Å². The Balaban J connectivity index is 2.57. The van der Waals surface area contributed by atoms with Crippen LogP contribution in [0.1, 0.15) is 16.8 Å². The van der Waals surface area contributed by atoms with Gasteiger partial charge in [0.15, 0.2) is 17.2 Å². The molecule has 0 atom stereocenters. The molecule has 0 unspecified atom stereocenters. The average Bonchev–Trinajstić information content (AvgIpc) is 2.30. The quantitative estimate of drug-likeness (QED) is 0.411. The molecule has 6 heteroatoms. The highest BCUT2D eigenvalue weighted by Gasteiger charge is 2.14. The Kier molecular flexibility index (Phi) is 4.79. The second-order valence-corrected chi connectivity index (χ2v) is 4.16. The Bertz CT molecular complexity index is 407. The smallest absolute Gasteiger partial charge is 0.338 e. The normalized spacial score (nSPS) is 10.6. The summed E-state index contributed by atoms with van der Waals surface area (Å²) in [5, 5.41) is 27.6. The number of esters is 1.